The van der Waals surface area contributed by atoms with Crippen LogP contribution in [-0.4, -0.2) is 57.5 Å². The number of methoxy groups -OCH3 is 1. The third-order valence-corrected chi connectivity index (χ3v) is 4.36. The smallest absolute Gasteiger partial charge is 0.321 e. The van der Waals surface area contributed by atoms with Crippen molar-refractivity contribution >= 4 is 21.9 Å². The zero-order chi connectivity index (χ0) is 17.1. The van der Waals surface area contributed by atoms with Crippen LogP contribution < -0.4 is 9.46 Å². The molecule has 1 aromatic rings. The lowest BCUT2D eigenvalue weighted by Gasteiger charge is -2.15. The standard InChI is InChI=1S/C13H18N2O6S/c1-8(13(17)18)14-22(19,20)9-5-6-11(21-4)10(7-9)12(16)15(2)3/h5-8,14H,1-4H3,(H,17,18)/t8-/m0/s1. The minimum Gasteiger partial charge on any atom is -0.496 e. The van der Waals surface area contributed by atoms with E-state index in [1.807, 2.05) is 4.72 Å². The first-order valence-corrected chi connectivity index (χ1v) is 7.73. The number of sulfonamides is 1. The summed E-state index contributed by atoms with van der Waals surface area (Å²) in [6.07, 6.45) is 0. The first-order valence-electron chi connectivity index (χ1n) is 6.25. The molecule has 0 aliphatic heterocycles. The summed E-state index contributed by atoms with van der Waals surface area (Å²) in [5, 5.41) is 8.78. The second-order valence-electron chi connectivity index (χ2n) is 4.74. The number of nitrogens with zero attached hydrogens (tertiary/aromatic N) is 1. The number of benzene rings is 1. The molecule has 0 saturated heterocycles. The molecular weight excluding hydrogens is 312 g/mol. The van der Waals surface area contributed by atoms with Crippen LogP contribution in [0.1, 0.15) is 17.3 Å². The molecule has 22 heavy (non-hydrogen) atoms. The molecule has 0 spiro atoms. The summed E-state index contributed by atoms with van der Waals surface area (Å²) >= 11 is 0. The fourth-order valence-electron chi connectivity index (χ4n) is 1.61. The summed E-state index contributed by atoms with van der Waals surface area (Å²) in [4.78, 5) is 23.9. The number of carbonyl (C=O) groups excluding carboxylic acids is 1. The minimum absolute atomic E-state index is 0.0679. The molecule has 0 aromatic heterocycles. The number of carbonyl (C=O) groups is 2. The number of hydrogen-bond donors (Lipinski definition) is 2. The summed E-state index contributed by atoms with van der Waals surface area (Å²) in [6.45, 7) is 1.20. The number of carboxylic acids is 1. The SMILES string of the molecule is COc1ccc(S(=O)(=O)N[C@@H](C)C(=O)O)cc1C(=O)N(C)C. The average molecular weight is 330 g/mol. The monoisotopic (exact) mass is 330 g/mol. The number of amides is 1. The Hall–Kier alpha value is -2.13. The maximum atomic E-state index is 12.2. The number of hydrogen-bond acceptors (Lipinski definition) is 5. The molecule has 1 rings (SSSR count). The normalized spacial score (nSPS) is 12.5. The molecule has 0 fully saturated rings. The first-order chi connectivity index (χ1) is 10.1. The highest BCUT2D eigenvalue weighted by molar-refractivity contribution is 7.89. The molecule has 1 amide bonds. The second-order valence-corrected chi connectivity index (χ2v) is 6.46. The van der Waals surface area contributed by atoms with Crippen LogP contribution in [-0.2, 0) is 14.8 Å². The van der Waals surface area contributed by atoms with Crippen LogP contribution in [0.25, 0.3) is 0 Å². The van der Waals surface area contributed by atoms with Crippen LogP contribution in [0.15, 0.2) is 23.1 Å². The first kappa shape index (κ1) is 17.9. The van der Waals surface area contributed by atoms with Crippen molar-refractivity contribution in [2.75, 3.05) is 21.2 Å². The van der Waals surface area contributed by atoms with E-state index in [9.17, 15) is 18.0 Å². The topological polar surface area (TPSA) is 113 Å². The Bertz CT molecular complexity index is 684. The Morgan fingerprint density at radius 2 is 1.91 bits per heavy atom. The molecule has 9 heteroatoms. The average Bonchev–Trinajstić information content (AvgIpc) is 2.44. The quantitative estimate of drug-likeness (QED) is 0.767. The lowest BCUT2D eigenvalue weighted by molar-refractivity contribution is -0.138. The maximum Gasteiger partial charge on any atom is 0.321 e. The number of carboxylic acid groups (broad SMARTS) is 1. The van der Waals surface area contributed by atoms with Crippen molar-refractivity contribution in [2.45, 2.75) is 17.9 Å². The van der Waals surface area contributed by atoms with Crippen molar-refractivity contribution in [1.29, 1.82) is 0 Å². The summed E-state index contributed by atoms with van der Waals surface area (Å²) in [6, 6.07) is 2.44. The van der Waals surface area contributed by atoms with Crippen LogP contribution in [0.2, 0.25) is 0 Å². The lowest BCUT2D eigenvalue weighted by Crippen LogP contribution is -2.38. The van der Waals surface area contributed by atoms with Crippen LogP contribution in [0.4, 0.5) is 0 Å². The van der Waals surface area contributed by atoms with E-state index < -0.39 is 27.9 Å². The van der Waals surface area contributed by atoms with Gasteiger partial charge >= 0.3 is 5.97 Å². The number of rotatable bonds is 6. The molecule has 0 bridgehead atoms. The van der Waals surface area contributed by atoms with E-state index >= 15 is 0 Å². The van der Waals surface area contributed by atoms with Gasteiger partial charge in [-0.2, -0.15) is 4.72 Å². The van der Waals surface area contributed by atoms with Crippen LogP contribution >= 0.6 is 0 Å². The van der Waals surface area contributed by atoms with Gasteiger partial charge in [-0.15, -0.1) is 0 Å². The Labute approximate surface area is 128 Å². The van der Waals surface area contributed by atoms with Crippen molar-refractivity contribution < 1.29 is 27.9 Å². The zero-order valence-corrected chi connectivity index (χ0v) is 13.5. The van der Waals surface area contributed by atoms with Gasteiger partial charge in [0.1, 0.15) is 11.8 Å². The van der Waals surface area contributed by atoms with Gasteiger partial charge in [-0.25, -0.2) is 8.42 Å². The molecule has 122 valence electrons. The predicted octanol–water partition coefficient (Wildman–Crippen LogP) is 0.148. The molecule has 8 nitrogen and oxygen atoms in total. The Morgan fingerprint density at radius 3 is 2.36 bits per heavy atom. The van der Waals surface area contributed by atoms with Gasteiger partial charge in [0.05, 0.1) is 17.6 Å². The molecule has 1 aromatic carbocycles. The van der Waals surface area contributed by atoms with E-state index in [0.29, 0.717) is 0 Å². The van der Waals surface area contributed by atoms with Gasteiger partial charge in [-0.1, -0.05) is 0 Å². The molecule has 2 N–H and O–H groups in total. The third-order valence-electron chi connectivity index (χ3n) is 2.82. The summed E-state index contributed by atoms with van der Waals surface area (Å²) in [7, 11) is 0.336. The number of aliphatic carboxylic acids is 1. The molecular formula is C13H18N2O6S. The van der Waals surface area contributed by atoms with Crippen molar-refractivity contribution in [1.82, 2.24) is 9.62 Å². The molecule has 0 saturated carbocycles. The summed E-state index contributed by atoms with van der Waals surface area (Å²) in [5.41, 5.74) is 0.0679. The lowest BCUT2D eigenvalue weighted by atomic mass is 10.2. The molecule has 0 aliphatic carbocycles. The van der Waals surface area contributed by atoms with Crippen LogP contribution in [0.3, 0.4) is 0 Å². The van der Waals surface area contributed by atoms with Gasteiger partial charge in [0.2, 0.25) is 10.0 Å². The Balaban J connectivity index is 3.29. The van der Waals surface area contributed by atoms with Gasteiger partial charge in [0.25, 0.3) is 5.91 Å². The summed E-state index contributed by atoms with van der Waals surface area (Å²) in [5.74, 6) is -1.51. The van der Waals surface area contributed by atoms with Crippen molar-refractivity contribution in [3.05, 3.63) is 23.8 Å². The van der Waals surface area contributed by atoms with Crippen molar-refractivity contribution in [3.63, 3.8) is 0 Å². The number of ether oxygens (including phenoxy) is 1. The fourth-order valence-corrected chi connectivity index (χ4v) is 2.84. The van der Waals surface area contributed by atoms with Gasteiger partial charge in [-0.3, -0.25) is 9.59 Å². The molecule has 0 radical (unpaired) electrons. The maximum absolute atomic E-state index is 12.2. The highest BCUT2D eigenvalue weighted by Crippen LogP contribution is 2.23. The van der Waals surface area contributed by atoms with Gasteiger partial charge in [-0.05, 0) is 25.1 Å². The summed E-state index contributed by atoms with van der Waals surface area (Å²) < 4.78 is 31.4. The molecule has 0 unspecified atom stereocenters. The van der Waals surface area contributed by atoms with Crippen molar-refractivity contribution in [2.24, 2.45) is 0 Å². The van der Waals surface area contributed by atoms with E-state index in [1.165, 1.54) is 45.2 Å². The van der Waals surface area contributed by atoms with Crippen molar-refractivity contribution in [3.8, 4) is 5.75 Å². The zero-order valence-electron chi connectivity index (χ0n) is 12.7. The van der Waals surface area contributed by atoms with Gasteiger partial charge < -0.3 is 14.7 Å². The minimum atomic E-state index is -4.07. The number of nitrogens with one attached hydrogen (secondary N) is 1. The predicted molar refractivity (Wildman–Crippen MR) is 78.4 cm³/mol. The molecule has 0 heterocycles. The Morgan fingerprint density at radius 1 is 1.32 bits per heavy atom. The highest BCUT2D eigenvalue weighted by atomic mass is 32.2. The highest BCUT2D eigenvalue weighted by Gasteiger charge is 2.24. The molecule has 0 aliphatic rings. The fraction of sp³-hybridized carbons (Fsp3) is 0.385. The van der Waals surface area contributed by atoms with E-state index in [4.69, 9.17) is 9.84 Å². The Kier molecular flexibility index (Phi) is 5.50. The molecule has 1 atom stereocenters. The van der Waals surface area contributed by atoms with E-state index in [-0.39, 0.29) is 16.2 Å². The van der Waals surface area contributed by atoms with E-state index in [2.05, 4.69) is 0 Å². The van der Waals surface area contributed by atoms with Gasteiger partial charge in [0, 0.05) is 14.1 Å². The van der Waals surface area contributed by atoms with Gasteiger partial charge in [0.15, 0.2) is 0 Å². The second kappa shape index (κ2) is 6.75. The van der Waals surface area contributed by atoms with E-state index in [1.54, 1.807) is 0 Å². The van der Waals surface area contributed by atoms with Crippen LogP contribution in [0, 0.1) is 0 Å². The van der Waals surface area contributed by atoms with E-state index in [0.717, 1.165) is 6.07 Å². The largest absolute Gasteiger partial charge is 0.496 e. The third kappa shape index (κ3) is 3.95. The van der Waals surface area contributed by atoms with Crippen LogP contribution in [0.5, 0.6) is 5.75 Å².